The highest BCUT2D eigenvalue weighted by atomic mass is 16.1. The number of likely N-dealkylation sites (N-methyl/N-ethyl adjacent to an activating group) is 1. The second kappa shape index (κ2) is 3.84. The van der Waals surface area contributed by atoms with Gasteiger partial charge in [-0.3, -0.25) is 15.5 Å². The van der Waals surface area contributed by atoms with Crippen molar-refractivity contribution in [3.63, 3.8) is 0 Å². The van der Waals surface area contributed by atoms with Gasteiger partial charge in [0.15, 0.2) is 0 Å². The molecule has 0 aromatic heterocycles. The van der Waals surface area contributed by atoms with E-state index in [0.29, 0.717) is 6.67 Å². The lowest BCUT2D eigenvalue weighted by atomic mass is 10.0. The lowest BCUT2D eigenvalue weighted by Crippen LogP contribution is -2.55. The lowest BCUT2D eigenvalue weighted by Gasteiger charge is -2.34. The van der Waals surface area contributed by atoms with Crippen LogP contribution in [0.3, 0.4) is 0 Å². The van der Waals surface area contributed by atoms with Crippen molar-refractivity contribution >= 4 is 5.91 Å². The molecule has 0 radical (unpaired) electrons. The van der Waals surface area contributed by atoms with Gasteiger partial charge in [-0.2, -0.15) is 0 Å². The molecule has 0 atom stereocenters. The van der Waals surface area contributed by atoms with Crippen molar-refractivity contribution in [2.75, 3.05) is 20.8 Å². The molecule has 0 aliphatic heterocycles. The third-order valence-corrected chi connectivity index (χ3v) is 1.99. The van der Waals surface area contributed by atoms with Crippen LogP contribution in [0.25, 0.3) is 0 Å². The predicted molar refractivity (Wildman–Crippen MR) is 47.9 cm³/mol. The van der Waals surface area contributed by atoms with Crippen LogP contribution >= 0.6 is 0 Å². The van der Waals surface area contributed by atoms with E-state index in [0.717, 1.165) is 0 Å². The summed E-state index contributed by atoms with van der Waals surface area (Å²) in [6, 6.07) is 0. The van der Waals surface area contributed by atoms with Crippen LogP contribution in [0.1, 0.15) is 13.8 Å². The van der Waals surface area contributed by atoms with Crippen LogP contribution in [-0.4, -0.2) is 42.1 Å². The molecule has 0 saturated heterocycles. The molecule has 5 heteroatoms. The minimum atomic E-state index is -0.659. The first kappa shape index (κ1) is 11.4. The fourth-order valence-corrected chi connectivity index (χ4v) is 0.699. The van der Waals surface area contributed by atoms with Gasteiger partial charge < -0.3 is 5.73 Å². The number of carbonyl (C=O) groups is 1. The van der Waals surface area contributed by atoms with E-state index >= 15 is 0 Å². The second-order valence-corrected chi connectivity index (χ2v) is 3.52. The Morgan fingerprint density at radius 1 is 1.42 bits per heavy atom. The number of primary amides is 1. The Morgan fingerprint density at radius 3 is 2.08 bits per heavy atom. The van der Waals surface area contributed by atoms with Gasteiger partial charge in [0.05, 0.1) is 12.2 Å². The Balaban J connectivity index is 4.25. The molecule has 72 valence electrons. The zero-order chi connectivity index (χ0) is 9.94. The number of amides is 1. The van der Waals surface area contributed by atoms with Gasteiger partial charge >= 0.3 is 0 Å². The van der Waals surface area contributed by atoms with Gasteiger partial charge in [0, 0.05) is 7.05 Å². The third-order valence-electron chi connectivity index (χ3n) is 1.99. The van der Waals surface area contributed by atoms with E-state index in [2.05, 4.69) is 0 Å². The average molecular weight is 174 g/mol. The molecular weight excluding hydrogens is 156 g/mol. The van der Waals surface area contributed by atoms with Crippen LogP contribution in [-0.2, 0) is 4.79 Å². The molecule has 4 N–H and O–H groups in total. The second-order valence-electron chi connectivity index (χ2n) is 3.52. The molecule has 0 aromatic carbocycles. The number of carbonyl (C=O) groups excluding carboxylic acids is 1. The number of nitrogens with two attached hydrogens (primary N) is 2. The van der Waals surface area contributed by atoms with Crippen molar-refractivity contribution in [1.29, 1.82) is 0 Å². The molecule has 0 rings (SSSR count). The fraction of sp³-hybridized carbons (Fsp3) is 0.857. The highest BCUT2D eigenvalue weighted by Gasteiger charge is 2.29. The number of hydrazine groups is 1. The zero-order valence-corrected chi connectivity index (χ0v) is 8.16. The Morgan fingerprint density at radius 2 is 1.83 bits per heavy atom. The highest BCUT2D eigenvalue weighted by Crippen LogP contribution is 2.10. The van der Waals surface area contributed by atoms with E-state index in [1.165, 1.54) is 5.01 Å². The summed E-state index contributed by atoms with van der Waals surface area (Å²) in [6.07, 6.45) is 0. The molecule has 1 amide bonds. The van der Waals surface area contributed by atoms with Crippen molar-refractivity contribution in [1.82, 2.24) is 9.91 Å². The Labute approximate surface area is 73.3 Å². The summed E-state index contributed by atoms with van der Waals surface area (Å²) < 4.78 is 0. The van der Waals surface area contributed by atoms with E-state index in [9.17, 15) is 4.79 Å². The predicted octanol–water partition coefficient (Wildman–Crippen LogP) is -1.05. The molecule has 0 aliphatic rings. The first-order chi connectivity index (χ1) is 5.28. The molecule has 12 heavy (non-hydrogen) atoms. The summed E-state index contributed by atoms with van der Waals surface area (Å²) in [6.45, 7) is 4.02. The van der Waals surface area contributed by atoms with Gasteiger partial charge in [0.1, 0.15) is 0 Å². The SMILES string of the molecule is CN(N)CN(C)C(C)(C)C(N)=O. The number of nitrogens with zero attached hydrogens (tertiary/aromatic N) is 2. The van der Waals surface area contributed by atoms with Gasteiger partial charge in [-0.05, 0) is 20.9 Å². The normalized spacial score (nSPS) is 12.6. The number of rotatable bonds is 4. The summed E-state index contributed by atoms with van der Waals surface area (Å²) >= 11 is 0. The fourth-order valence-electron chi connectivity index (χ4n) is 0.699. The van der Waals surface area contributed by atoms with Crippen molar-refractivity contribution in [3.05, 3.63) is 0 Å². The van der Waals surface area contributed by atoms with Crippen LogP contribution in [0.5, 0.6) is 0 Å². The average Bonchev–Trinajstić information content (AvgIpc) is 1.85. The van der Waals surface area contributed by atoms with Crippen LogP contribution in [0.15, 0.2) is 0 Å². The Kier molecular flexibility index (Phi) is 3.63. The van der Waals surface area contributed by atoms with E-state index in [4.69, 9.17) is 11.6 Å². The summed E-state index contributed by atoms with van der Waals surface area (Å²) in [5.74, 6) is 5.07. The van der Waals surface area contributed by atoms with E-state index in [-0.39, 0.29) is 5.91 Å². The van der Waals surface area contributed by atoms with Crippen LogP contribution in [0.2, 0.25) is 0 Å². The van der Waals surface area contributed by atoms with E-state index in [1.54, 1.807) is 32.8 Å². The lowest BCUT2D eigenvalue weighted by molar-refractivity contribution is -0.128. The van der Waals surface area contributed by atoms with Gasteiger partial charge in [0.2, 0.25) is 5.91 Å². The van der Waals surface area contributed by atoms with Crippen LogP contribution in [0.4, 0.5) is 0 Å². The van der Waals surface area contributed by atoms with E-state index in [1.807, 2.05) is 0 Å². The van der Waals surface area contributed by atoms with Crippen molar-refractivity contribution in [2.24, 2.45) is 11.6 Å². The summed E-state index contributed by atoms with van der Waals surface area (Å²) in [5.41, 5.74) is 4.55. The number of hydrogen-bond donors (Lipinski definition) is 2. The molecule has 0 aliphatic carbocycles. The minimum absolute atomic E-state index is 0.355. The van der Waals surface area contributed by atoms with Gasteiger partial charge in [-0.1, -0.05) is 0 Å². The first-order valence-electron chi connectivity index (χ1n) is 3.75. The molecule has 5 nitrogen and oxygen atoms in total. The van der Waals surface area contributed by atoms with Crippen molar-refractivity contribution < 1.29 is 4.79 Å². The molecule has 0 heterocycles. The van der Waals surface area contributed by atoms with Crippen LogP contribution in [0, 0.1) is 0 Å². The van der Waals surface area contributed by atoms with Crippen molar-refractivity contribution in [2.45, 2.75) is 19.4 Å². The van der Waals surface area contributed by atoms with E-state index < -0.39 is 5.54 Å². The Bertz CT molecular complexity index is 167. The summed E-state index contributed by atoms with van der Waals surface area (Å²) in [5, 5.41) is 1.49. The molecule has 0 bridgehead atoms. The topological polar surface area (TPSA) is 75.6 Å². The zero-order valence-electron chi connectivity index (χ0n) is 8.16. The monoisotopic (exact) mass is 174 g/mol. The molecule has 0 spiro atoms. The quantitative estimate of drug-likeness (QED) is 0.324. The van der Waals surface area contributed by atoms with Crippen molar-refractivity contribution in [3.8, 4) is 0 Å². The maximum atomic E-state index is 11.0. The maximum absolute atomic E-state index is 11.0. The smallest absolute Gasteiger partial charge is 0.237 e. The summed E-state index contributed by atoms with van der Waals surface area (Å²) in [7, 11) is 3.53. The molecule has 0 saturated carbocycles. The Hall–Kier alpha value is -0.650. The highest BCUT2D eigenvalue weighted by molar-refractivity contribution is 5.83. The van der Waals surface area contributed by atoms with Gasteiger partial charge in [-0.15, -0.1) is 0 Å². The molecular formula is C7H18N4O. The first-order valence-corrected chi connectivity index (χ1v) is 3.75. The van der Waals surface area contributed by atoms with Gasteiger partial charge in [0.25, 0.3) is 0 Å². The molecule has 0 aromatic rings. The molecule has 0 unspecified atom stereocenters. The van der Waals surface area contributed by atoms with Crippen LogP contribution < -0.4 is 11.6 Å². The third kappa shape index (κ3) is 2.77. The summed E-state index contributed by atoms with van der Waals surface area (Å²) in [4.78, 5) is 12.8. The van der Waals surface area contributed by atoms with Gasteiger partial charge in [-0.25, -0.2) is 5.01 Å². The maximum Gasteiger partial charge on any atom is 0.237 e. The standard InChI is InChI=1S/C7H18N4O/c1-7(2,6(8)12)10(3)5-11(4)9/h5,9H2,1-4H3,(H2,8,12). The number of hydrogen-bond acceptors (Lipinski definition) is 4. The minimum Gasteiger partial charge on any atom is -0.368 e. The largest absolute Gasteiger partial charge is 0.368 e. The molecule has 0 fully saturated rings.